The van der Waals surface area contributed by atoms with E-state index in [1.807, 2.05) is 0 Å². The molecule has 1 atom stereocenters. The predicted octanol–water partition coefficient (Wildman–Crippen LogP) is 6.48. The molecule has 1 rings (SSSR count). The molecule has 1 aliphatic rings. The highest BCUT2D eigenvalue weighted by Crippen LogP contribution is 2.11. The normalized spacial score (nSPS) is 16.8. The Morgan fingerprint density at radius 1 is 0.880 bits per heavy atom. The SMILES string of the molecule is CCCCCCCC/C=C\CCCCCCCCOC1C=CC(=O)O1. The molecule has 0 amide bonds. The fourth-order valence-electron chi connectivity index (χ4n) is 2.99. The van der Waals surface area contributed by atoms with Gasteiger partial charge in [-0.3, -0.25) is 0 Å². The molecule has 1 unspecified atom stereocenters. The van der Waals surface area contributed by atoms with Crippen molar-refractivity contribution in [3.63, 3.8) is 0 Å². The lowest BCUT2D eigenvalue weighted by atomic mass is 10.1. The number of esters is 1. The molecule has 3 heteroatoms. The second-order valence-electron chi connectivity index (χ2n) is 6.97. The van der Waals surface area contributed by atoms with E-state index in [0.717, 1.165) is 6.42 Å². The van der Waals surface area contributed by atoms with Crippen LogP contribution in [0.1, 0.15) is 96.8 Å². The number of allylic oxidation sites excluding steroid dienone is 2. The molecule has 144 valence electrons. The van der Waals surface area contributed by atoms with Crippen LogP contribution in [0.2, 0.25) is 0 Å². The van der Waals surface area contributed by atoms with Crippen molar-refractivity contribution in [1.82, 2.24) is 0 Å². The van der Waals surface area contributed by atoms with Crippen LogP contribution in [0.15, 0.2) is 24.3 Å². The molecule has 1 aliphatic heterocycles. The molecule has 0 aliphatic carbocycles. The number of rotatable bonds is 17. The summed E-state index contributed by atoms with van der Waals surface area (Å²) < 4.78 is 10.4. The molecule has 0 aromatic carbocycles. The first-order chi connectivity index (χ1) is 12.3. The van der Waals surface area contributed by atoms with Crippen molar-refractivity contribution in [3.05, 3.63) is 24.3 Å². The monoisotopic (exact) mass is 350 g/mol. The van der Waals surface area contributed by atoms with Gasteiger partial charge in [0.2, 0.25) is 6.29 Å². The summed E-state index contributed by atoms with van der Waals surface area (Å²) in [6.45, 7) is 2.94. The molecule has 0 aromatic heterocycles. The predicted molar refractivity (Wildman–Crippen MR) is 104 cm³/mol. The summed E-state index contributed by atoms with van der Waals surface area (Å²) in [5.41, 5.74) is 0. The van der Waals surface area contributed by atoms with Gasteiger partial charge in [0.05, 0.1) is 6.61 Å². The summed E-state index contributed by atoms with van der Waals surface area (Å²) in [6, 6.07) is 0. The highest BCUT2D eigenvalue weighted by Gasteiger charge is 2.15. The Labute approximate surface area is 154 Å². The molecule has 0 aromatic rings. The minimum Gasteiger partial charge on any atom is -0.429 e. The van der Waals surface area contributed by atoms with Crippen molar-refractivity contribution < 1.29 is 14.3 Å². The van der Waals surface area contributed by atoms with Gasteiger partial charge in [-0.2, -0.15) is 0 Å². The van der Waals surface area contributed by atoms with Gasteiger partial charge >= 0.3 is 5.97 Å². The maximum absolute atomic E-state index is 10.8. The van der Waals surface area contributed by atoms with E-state index in [2.05, 4.69) is 19.1 Å². The van der Waals surface area contributed by atoms with E-state index >= 15 is 0 Å². The second kappa shape index (κ2) is 16.4. The zero-order valence-electron chi connectivity index (χ0n) is 16.2. The van der Waals surface area contributed by atoms with Crippen molar-refractivity contribution in [1.29, 1.82) is 0 Å². The average Bonchev–Trinajstić information content (AvgIpc) is 3.03. The van der Waals surface area contributed by atoms with Crippen LogP contribution < -0.4 is 0 Å². The van der Waals surface area contributed by atoms with Crippen molar-refractivity contribution in [3.8, 4) is 0 Å². The molecule has 0 saturated carbocycles. The molecule has 3 nitrogen and oxygen atoms in total. The van der Waals surface area contributed by atoms with E-state index in [-0.39, 0.29) is 5.97 Å². The highest BCUT2D eigenvalue weighted by atomic mass is 16.7. The van der Waals surface area contributed by atoms with Crippen LogP contribution >= 0.6 is 0 Å². The summed E-state index contributed by atoms with van der Waals surface area (Å²) in [6.07, 6.45) is 25.7. The van der Waals surface area contributed by atoms with Gasteiger partial charge in [-0.1, -0.05) is 76.9 Å². The van der Waals surface area contributed by atoms with Crippen molar-refractivity contribution in [2.75, 3.05) is 6.61 Å². The molecule has 0 spiro atoms. The largest absolute Gasteiger partial charge is 0.429 e. The lowest BCUT2D eigenvalue weighted by molar-refractivity contribution is -0.158. The van der Waals surface area contributed by atoms with Crippen molar-refractivity contribution in [2.24, 2.45) is 0 Å². The van der Waals surface area contributed by atoms with Gasteiger partial charge in [-0.25, -0.2) is 4.79 Å². The topological polar surface area (TPSA) is 35.5 Å². The molecular formula is C22H38O3. The zero-order chi connectivity index (χ0) is 18.0. The molecule has 0 radical (unpaired) electrons. The Balaban J connectivity index is 1.72. The van der Waals surface area contributed by atoms with Gasteiger partial charge in [-0.15, -0.1) is 0 Å². The van der Waals surface area contributed by atoms with Crippen LogP contribution in [0.3, 0.4) is 0 Å². The molecule has 0 fully saturated rings. The first-order valence-electron chi connectivity index (χ1n) is 10.5. The fourth-order valence-corrected chi connectivity index (χ4v) is 2.99. The fraction of sp³-hybridized carbons (Fsp3) is 0.773. The zero-order valence-corrected chi connectivity index (χ0v) is 16.2. The van der Waals surface area contributed by atoms with E-state index in [0.29, 0.717) is 6.61 Å². The summed E-state index contributed by atoms with van der Waals surface area (Å²) in [5, 5.41) is 0. The van der Waals surface area contributed by atoms with Gasteiger partial charge in [0.1, 0.15) is 0 Å². The third-order valence-electron chi connectivity index (χ3n) is 4.56. The minimum atomic E-state index is -0.448. The van der Waals surface area contributed by atoms with Gasteiger partial charge in [0.15, 0.2) is 0 Å². The van der Waals surface area contributed by atoms with Gasteiger partial charge in [-0.05, 0) is 38.2 Å². The van der Waals surface area contributed by atoms with Crippen LogP contribution in [-0.4, -0.2) is 18.9 Å². The van der Waals surface area contributed by atoms with Gasteiger partial charge in [0.25, 0.3) is 0 Å². The summed E-state index contributed by atoms with van der Waals surface area (Å²) in [5.74, 6) is -0.300. The standard InChI is InChI=1S/C22H38O3/c1-2-3-4-5-6-7-8-9-10-11-12-13-14-15-16-17-20-24-22-19-18-21(23)25-22/h9-10,18-19,22H,2-8,11-17,20H2,1H3/b10-9-. The van der Waals surface area contributed by atoms with Gasteiger partial charge in [0, 0.05) is 6.08 Å². The molecular weight excluding hydrogens is 312 g/mol. The Kier molecular flexibility index (Phi) is 14.4. The van der Waals surface area contributed by atoms with Crippen LogP contribution in [-0.2, 0) is 14.3 Å². The van der Waals surface area contributed by atoms with E-state index in [1.54, 1.807) is 6.08 Å². The molecule has 25 heavy (non-hydrogen) atoms. The maximum atomic E-state index is 10.8. The number of unbranched alkanes of at least 4 members (excludes halogenated alkanes) is 12. The number of hydrogen-bond acceptors (Lipinski definition) is 3. The lowest BCUT2D eigenvalue weighted by Gasteiger charge is -2.09. The third kappa shape index (κ3) is 13.8. The van der Waals surface area contributed by atoms with Crippen LogP contribution in [0, 0.1) is 0 Å². The quantitative estimate of drug-likeness (QED) is 0.171. The third-order valence-corrected chi connectivity index (χ3v) is 4.56. The summed E-state index contributed by atoms with van der Waals surface area (Å²) >= 11 is 0. The Bertz CT molecular complexity index is 373. The Morgan fingerprint density at radius 3 is 2.00 bits per heavy atom. The number of ether oxygens (including phenoxy) is 2. The van der Waals surface area contributed by atoms with Crippen molar-refractivity contribution >= 4 is 5.97 Å². The molecule has 0 N–H and O–H groups in total. The number of carbonyl (C=O) groups excluding carboxylic acids is 1. The number of cyclic esters (lactones) is 1. The summed E-state index contributed by atoms with van der Waals surface area (Å²) in [7, 11) is 0. The minimum absolute atomic E-state index is 0.300. The molecule has 0 bridgehead atoms. The highest BCUT2D eigenvalue weighted by molar-refractivity contribution is 5.84. The number of hydrogen-bond donors (Lipinski definition) is 0. The molecule has 0 saturated heterocycles. The van der Waals surface area contributed by atoms with E-state index < -0.39 is 6.29 Å². The van der Waals surface area contributed by atoms with Crippen LogP contribution in [0.25, 0.3) is 0 Å². The first kappa shape index (κ1) is 22.0. The molecule has 1 heterocycles. The van der Waals surface area contributed by atoms with Gasteiger partial charge < -0.3 is 9.47 Å². The van der Waals surface area contributed by atoms with Crippen LogP contribution in [0.5, 0.6) is 0 Å². The lowest BCUT2D eigenvalue weighted by Crippen LogP contribution is -2.12. The average molecular weight is 351 g/mol. The Morgan fingerprint density at radius 2 is 1.44 bits per heavy atom. The maximum Gasteiger partial charge on any atom is 0.333 e. The Hall–Kier alpha value is -1.09. The van der Waals surface area contributed by atoms with E-state index in [4.69, 9.17) is 9.47 Å². The second-order valence-corrected chi connectivity index (χ2v) is 6.97. The van der Waals surface area contributed by atoms with Crippen LogP contribution in [0.4, 0.5) is 0 Å². The summed E-state index contributed by atoms with van der Waals surface area (Å²) in [4.78, 5) is 10.8. The first-order valence-corrected chi connectivity index (χ1v) is 10.5. The smallest absolute Gasteiger partial charge is 0.333 e. The van der Waals surface area contributed by atoms with Crippen molar-refractivity contribution in [2.45, 2.75) is 103 Å². The van der Waals surface area contributed by atoms with E-state index in [9.17, 15) is 4.79 Å². The van der Waals surface area contributed by atoms with E-state index in [1.165, 1.54) is 89.5 Å². The number of carbonyl (C=O) groups is 1.